The van der Waals surface area contributed by atoms with Crippen LogP contribution in [0.1, 0.15) is 32.1 Å². The maximum Gasteiger partial charge on any atom is 0.243 e. The topological polar surface area (TPSA) is 84.2 Å². The van der Waals surface area contributed by atoms with Crippen molar-refractivity contribution in [3.8, 4) is 0 Å². The van der Waals surface area contributed by atoms with E-state index in [-0.39, 0.29) is 18.4 Å². The van der Waals surface area contributed by atoms with E-state index in [1.54, 1.807) is 24.3 Å². The van der Waals surface area contributed by atoms with E-state index in [1.165, 1.54) is 0 Å². The summed E-state index contributed by atoms with van der Waals surface area (Å²) in [4.78, 5) is 23.9. The molecule has 0 saturated heterocycles. The van der Waals surface area contributed by atoms with E-state index in [9.17, 15) is 9.59 Å². The molecule has 5 nitrogen and oxygen atoms in total. The zero-order valence-electron chi connectivity index (χ0n) is 11.8. The second-order valence-corrected chi connectivity index (χ2v) is 5.89. The monoisotopic (exact) mass is 309 g/mol. The Hall–Kier alpha value is -1.59. The molecule has 1 aromatic carbocycles. The molecule has 1 fully saturated rings. The summed E-state index contributed by atoms with van der Waals surface area (Å²) in [6, 6.07) is 6.78. The van der Waals surface area contributed by atoms with Crippen molar-refractivity contribution in [2.24, 2.45) is 5.73 Å². The number of carbonyl (C=O) groups is 2. The van der Waals surface area contributed by atoms with Gasteiger partial charge in [-0.1, -0.05) is 30.9 Å². The molecule has 4 N–H and O–H groups in total. The molecule has 0 spiro atoms. The van der Waals surface area contributed by atoms with Gasteiger partial charge in [0.1, 0.15) is 0 Å². The highest BCUT2D eigenvalue weighted by molar-refractivity contribution is 6.30. The van der Waals surface area contributed by atoms with Crippen LogP contribution < -0.4 is 16.4 Å². The Kier molecular flexibility index (Phi) is 5.20. The molecule has 0 bridgehead atoms. The van der Waals surface area contributed by atoms with Gasteiger partial charge in [-0.3, -0.25) is 9.59 Å². The van der Waals surface area contributed by atoms with Crippen LogP contribution in [0.4, 0.5) is 5.69 Å². The number of hydrogen-bond donors (Lipinski definition) is 3. The molecule has 0 radical (unpaired) electrons. The third-order valence-corrected chi connectivity index (χ3v) is 3.99. The highest BCUT2D eigenvalue weighted by atomic mass is 35.5. The Balaban J connectivity index is 1.80. The molecule has 6 heteroatoms. The lowest BCUT2D eigenvalue weighted by Gasteiger charge is -2.31. The van der Waals surface area contributed by atoms with Crippen LogP contribution in [0.5, 0.6) is 0 Å². The van der Waals surface area contributed by atoms with E-state index in [4.69, 9.17) is 17.3 Å². The summed E-state index contributed by atoms with van der Waals surface area (Å²) in [5.41, 5.74) is 5.92. The molecular weight excluding hydrogens is 290 g/mol. The first-order chi connectivity index (χ1) is 9.99. The van der Waals surface area contributed by atoms with Crippen molar-refractivity contribution in [3.05, 3.63) is 29.3 Å². The van der Waals surface area contributed by atoms with Crippen LogP contribution in [-0.2, 0) is 9.59 Å². The molecule has 0 heterocycles. The second-order valence-electron chi connectivity index (χ2n) is 5.45. The van der Waals surface area contributed by atoms with Crippen molar-refractivity contribution in [3.63, 3.8) is 0 Å². The van der Waals surface area contributed by atoms with Crippen molar-refractivity contribution >= 4 is 29.1 Å². The molecule has 0 atom stereocenters. The van der Waals surface area contributed by atoms with Crippen molar-refractivity contribution in [1.29, 1.82) is 0 Å². The summed E-state index contributed by atoms with van der Waals surface area (Å²) in [7, 11) is 0. The molecule has 1 aromatic rings. The maximum atomic E-state index is 12.1. The Morgan fingerprint density at radius 2 is 1.76 bits per heavy atom. The van der Waals surface area contributed by atoms with Crippen molar-refractivity contribution in [2.75, 3.05) is 11.9 Å². The van der Waals surface area contributed by atoms with Crippen molar-refractivity contribution in [2.45, 2.75) is 37.6 Å². The first-order valence-corrected chi connectivity index (χ1v) is 7.50. The fourth-order valence-electron chi connectivity index (χ4n) is 2.48. The van der Waals surface area contributed by atoms with Gasteiger partial charge in [0.2, 0.25) is 11.8 Å². The van der Waals surface area contributed by atoms with Crippen LogP contribution in [0.3, 0.4) is 0 Å². The summed E-state index contributed by atoms with van der Waals surface area (Å²) in [6.07, 6.45) is 4.39. The van der Waals surface area contributed by atoms with Crippen LogP contribution in [0.2, 0.25) is 5.02 Å². The number of carbonyl (C=O) groups excluding carboxylic acids is 2. The largest absolute Gasteiger partial charge is 0.345 e. The zero-order valence-corrected chi connectivity index (χ0v) is 12.6. The van der Waals surface area contributed by atoms with E-state index in [0.717, 1.165) is 19.3 Å². The average Bonchev–Trinajstić information content (AvgIpc) is 2.48. The number of benzene rings is 1. The van der Waals surface area contributed by atoms with Crippen LogP contribution >= 0.6 is 11.6 Å². The summed E-state index contributed by atoms with van der Waals surface area (Å²) in [5, 5.41) is 5.91. The molecule has 2 amide bonds. The third-order valence-electron chi connectivity index (χ3n) is 3.74. The Morgan fingerprint density at radius 1 is 1.14 bits per heavy atom. The smallest absolute Gasteiger partial charge is 0.243 e. The SMILES string of the molecule is NC1(C(=O)NCC(=O)Nc2ccc(Cl)cc2)CCCCC1. The van der Waals surface area contributed by atoms with Gasteiger partial charge in [0.05, 0.1) is 12.1 Å². The molecular formula is C15H20ClN3O2. The number of halogens is 1. The predicted octanol–water partition coefficient (Wildman–Crippen LogP) is 2.06. The molecule has 0 aliphatic heterocycles. The normalized spacial score (nSPS) is 17.0. The number of nitrogens with one attached hydrogen (secondary N) is 2. The third kappa shape index (κ3) is 4.44. The van der Waals surface area contributed by atoms with Crippen LogP contribution in [0, 0.1) is 0 Å². The quantitative estimate of drug-likeness (QED) is 0.796. The van der Waals surface area contributed by atoms with Gasteiger partial charge in [-0.15, -0.1) is 0 Å². The number of anilines is 1. The van der Waals surface area contributed by atoms with E-state index in [1.807, 2.05) is 0 Å². The highest BCUT2D eigenvalue weighted by Crippen LogP contribution is 2.25. The van der Waals surface area contributed by atoms with E-state index >= 15 is 0 Å². The number of rotatable bonds is 4. The predicted molar refractivity (Wildman–Crippen MR) is 83.1 cm³/mol. The van der Waals surface area contributed by atoms with Gasteiger partial charge in [-0.25, -0.2) is 0 Å². The first kappa shape index (κ1) is 15.8. The van der Waals surface area contributed by atoms with E-state index in [0.29, 0.717) is 23.6 Å². The van der Waals surface area contributed by atoms with Gasteiger partial charge in [-0.2, -0.15) is 0 Å². The minimum absolute atomic E-state index is 0.0829. The fraction of sp³-hybridized carbons (Fsp3) is 0.467. The van der Waals surface area contributed by atoms with Gasteiger partial charge < -0.3 is 16.4 Å². The molecule has 0 aromatic heterocycles. The number of amides is 2. The molecule has 0 unspecified atom stereocenters. The lowest BCUT2D eigenvalue weighted by Crippen LogP contribution is -2.56. The molecule has 1 saturated carbocycles. The number of nitrogens with two attached hydrogens (primary N) is 1. The summed E-state index contributed by atoms with van der Waals surface area (Å²) >= 11 is 5.77. The summed E-state index contributed by atoms with van der Waals surface area (Å²) in [6.45, 7) is -0.0829. The summed E-state index contributed by atoms with van der Waals surface area (Å²) in [5.74, 6) is -0.529. The highest BCUT2D eigenvalue weighted by Gasteiger charge is 2.35. The van der Waals surface area contributed by atoms with Crippen LogP contribution in [0.25, 0.3) is 0 Å². The molecule has 1 aliphatic carbocycles. The summed E-state index contributed by atoms with van der Waals surface area (Å²) < 4.78 is 0. The van der Waals surface area contributed by atoms with Crippen molar-refractivity contribution in [1.82, 2.24) is 5.32 Å². The Labute approximate surface area is 129 Å². The minimum atomic E-state index is -0.821. The van der Waals surface area contributed by atoms with E-state index in [2.05, 4.69) is 10.6 Å². The zero-order chi connectivity index (χ0) is 15.3. The maximum absolute atomic E-state index is 12.1. The molecule has 21 heavy (non-hydrogen) atoms. The lowest BCUT2D eigenvalue weighted by molar-refractivity contribution is -0.129. The van der Waals surface area contributed by atoms with Gasteiger partial charge in [-0.05, 0) is 37.1 Å². The van der Waals surface area contributed by atoms with Crippen LogP contribution in [0.15, 0.2) is 24.3 Å². The molecule has 2 rings (SSSR count). The fourth-order valence-corrected chi connectivity index (χ4v) is 2.61. The Bertz CT molecular complexity index is 510. The number of hydrogen-bond acceptors (Lipinski definition) is 3. The average molecular weight is 310 g/mol. The van der Waals surface area contributed by atoms with E-state index < -0.39 is 5.54 Å². The van der Waals surface area contributed by atoms with Gasteiger partial charge in [0, 0.05) is 10.7 Å². The minimum Gasteiger partial charge on any atom is -0.345 e. The standard InChI is InChI=1S/C15H20ClN3O2/c16-11-4-6-12(7-5-11)19-13(20)10-18-14(21)15(17)8-2-1-3-9-15/h4-7H,1-3,8-10,17H2,(H,18,21)(H,19,20). The van der Waals surface area contributed by atoms with Gasteiger partial charge >= 0.3 is 0 Å². The Morgan fingerprint density at radius 3 is 2.38 bits per heavy atom. The van der Waals surface area contributed by atoms with Crippen molar-refractivity contribution < 1.29 is 9.59 Å². The second kappa shape index (κ2) is 6.91. The van der Waals surface area contributed by atoms with Gasteiger partial charge in [0.15, 0.2) is 0 Å². The first-order valence-electron chi connectivity index (χ1n) is 7.12. The van der Waals surface area contributed by atoms with Gasteiger partial charge in [0.25, 0.3) is 0 Å². The lowest BCUT2D eigenvalue weighted by atomic mass is 9.82. The van der Waals surface area contributed by atoms with Crippen LogP contribution in [-0.4, -0.2) is 23.9 Å². The molecule has 1 aliphatic rings. The molecule has 114 valence electrons.